The van der Waals surface area contributed by atoms with E-state index in [1.807, 2.05) is 18.2 Å². The van der Waals surface area contributed by atoms with Crippen molar-refractivity contribution in [2.75, 3.05) is 24.7 Å². The number of hydrogen-bond acceptors (Lipinski definition) is 9. The minimum absolute atomic E-state index is 0. The lowest BCUT2D eigenvalue weighted by Gasteiger charge is -2.11. The second-order valence-electron chi connectivity index (χ2n) is 7.58. The molecule has 1 amide bonds. The number of nitrogens with one attached hydrogen (secondary N) is 2. The number of carboxylic acid groups (broad SMARTS) is 1. The number of amides is 1. The highest BCUT2D eigenvalue weighted by Gasteiger charge is 2.26. The molecule has 2 aliphatic heterocycles. The van der Waals surface area contributed by atoms with Crippen LogP contribution in [0.1, 0.15) is 20.3 Å². The SMILES string of the molecule is C.O=C(COc1cccc(Br)c1)NC1CCSC1=O.O=C(O)COc1cccc(Br)c1.O=C1SCCC1NCl. The lowest BCUT2D eigenvalue weighted by atomic mass is 10.2. The molecular weight excluding hydrogens is 700 g/mol. The molecule has 2 unspecified atom stereocenters. The van der Waals surface area contributed by atoms with Gasteiger partial charge in [-0.15, -0.1) is 0 Å². The molecule has 39 heavy (non-hydrogen) atoms. The largest absolute Gasteiger partial charge is 0.484 e. The molecule has 3 N–H and O–H groups in total. The average Bonchev–Trinajstić information content (AvgIpc) is 3.49. The maximum absolute atomic E-state index is 11.6. The summed E-state index contributed by atoms with van der Waals surface area (Å²) < 4.78 is 12.0. The van der Waals surface area contributed by atoms with Crippen LogP contribution in [-0.2, 0) is 19.2 Å². The van der Waals surface area contributed by atoms with Gasteiger partial charge < -0.3 is 19.9 Å². The van der Waals surface area contributed by atoms with Gasteiger partial charge in [-0.3, -0.25) is 14.4 Å². The van der Waals surface area contributed by atoms with Gasteiger partial charge in [-0.05, 0) is 61.0 Å². The Bertz CT molecular complexity index is 1110. The van der Waals surface area contributed by atoms with E-state index in [1.165, 1.54) is 23.5 Å². The van der Waals surface area contributed by atoms with E-state index in [0.29, 0.717) is 17.9 Å². The van der Waals surface area contributed by atoms with Crippen LogP contribution in [0.5, 0.6) is 11.5 Å². The summed E-state index contributed by atoms with van der Waals surface area (Å²) in [6.45, 7) is -0.388. The van der Waals surface area contributed by atoms with Crippen molar-refractivity contribution in [1.82, 2.24) is 10.2 Å². The van der Waals surface area contributed by atoms with Crippen molar-refractivity contribution in [2.24, 2.45) is 0 Å². The third-order valence-corrected chi connectivity index (χ3v) is 7.93. The topological polar surface area (TPSA) is 131 Å². The Hall–Kier alpha value is -1.77. The van der Waals surface area contributed by atoms with Gasteiger partial charge in [0.15, 0.2) is 13.2 Å². The lowest BCUT2D eigenvalue weighted by Crippen LogP contribution is -2.39. The summed E-state index contributed by atoms with van der Waals surface area (Å²) in [7, 11) is 0. The van der Waals surface area contributed by atoms with Crippen LogP contribution in [-0.4, -0.2) is 64.0 Å². The van der Waals surface area contributed by atoms with Gasteiger partial charge in [0.25, 0.3) is 5.91 Å². The van der Waals surface area contributed by atoms with Crippen LogP contribution in [0.2, 0.25) is 0 Å². The molecule has 0 aromatic heterocycles. The first-order valence-corrected chi connectivity index (χ1v) is 15.1. The number of carbonyl (C=O) groups excluding carboxylic acids is 3. The first-order valence-electron chi connectivity index (χ1n) is 11.1. The van der Waals surface area contributed by atoms with Gasteiger partial charge in [0.2, 0.25) is 10.2 Å². The minimum Gasteiger partial charge on any atom is -0.484 e. The molecule has 14 heteroatoms. The van der Waals surface area contributed by atoms with Gasteiger partial charge in [-0.1, -0.05) is 74.9 Å². The number of thioether (sulfide) groups is 2. The van der Waals surface area contributed by atoms with E-state index in [2.05, 4.69) is 42.0 Å². The van der Waals surface area contributed by atoms with Crippen LogP contribution in [0.25, 0.3) is 0 Å². The third-order valence-electron chi connectivity index (χ3n) is 4.66. The molecule has 2 heterocycles. The maximum atomic E-state index is 11.6. The molecule has 4 rings (SSSR count). The van der Waals surface area contributed by atoms with Crippen molar-refractivity contribution < 1.29 is 33.8 Å². The van der Waals surface area contributed by atoms with E-state index in [9.17, 15) is 19.2 Å². The van der Waals surface area contributed by atoms with E-state index < -0.39 is 5.97 Å². The van der Waals surface area contributed by atoms with Crippen molar-refractivity contribution >= 4 is 89.3 Å². The number of carbonyl (C=O) groups is 4. The molecular formula is C25H29Br2ClN2O7S2. The van der Waals surface area contributed by atoms with E-state index in [-0.39, 0.29) is 48.9 Å². The fourth-order valence-corrected chi connectivity index (χ4v) is 5.76. The van der Waals surface area contributed by atoms with Gasteiger partial charge in [-0.2, -0.15) is 0 Å². The highest BCUT2D eigenvalue weighted by molar-refractivity contribution is 9.10. The molecule has 2 aliphatic rings. The molecule has 0 bridgehead atoms. The zero-order valence-electron chi connectivity index (χ0n) is 19.9. The van der Waals surface area contributed by atoms with Gasteiger partial charge in [0.1, 0.15) is 11.5 Å². The standard InChI is InChI=1S/C12H12BrNO3S.C8H7BrO3.C4H6ClNOS.CH4/c13-8-2-1-3-9(6-8)17-7-11(15)14-10-4-5-18-12(10)16;9-6-2-1-3-7(4-6)12-5-8(10)11;5-6-3-1-2-8-4(3)7;/h1-3,6,10H,4-5,7H2,(H,14,15);1-4H,5H2,(H,10,11);3,6H,1-2H2;1H4. The van der Waals surface area contributed by atoms with E-state index in [4.69, 9.17) is 26.4 Å². The van der Waals surface area contributed by atoms with Crippen molar-refractivity contribution in [3.8, 4) is 11.5 Å². The molecule has 0 radical (unpaired) electrons. The number of halogens is 3. The molecule has 2 saturated heterocycles. The average molecular weight is 729 g/mol. The highest BCUT2D eigenvalue weighted by atomic mass is 79.9. The van der Waals surface area contributed by atoms with E-state index in [1.54, 1.807) is 30.3 Å². The second-order valence-corrected chi connectivity index (χ2v) is 11.8. The van der Waals surface area contributed by atoms with Crippen LogP contribution >= 0.6 is 67.2 Å². The van der Waals surface area contributed by atoms with Gasteiger partial charge in [0.05, 0.1) is 12.1 Å². The Kier molecular flexibility index (Phi) is 17.5. The molecule has 0 saturated carbocycles. The molecule has 2 fully saturated rings. The first kappa shape index (κ1) is 35.3. The Balaban J connectivity index is 0.000000313. The molecule has 2 atom stereocenters. The van der Waals surface area contributed by atoms with Crippen molar-refractivity contribution in [1.29, 1.82) is 0 Å². The fraction of sp³-hybridized carbons (Fsp3) is 0.360. The zero-order chi connectivity index (χ0) is 27.9. The quantitative estimate of drug-likeness (QED) is 0.309. The zero-order valence-corrected chi connectivity index (χ0v) is 25.4. The summed E-state index contributed by atoms with van der Waals surface area (Å²) in [5.74, 6) is 1.60. The third kappa shape index (κ3) is 14.4. The second kappa shape index (κ2) is 19.3. The van der Waals surface area contributed by atoms with Crippen LogP contribution < -0.4 is 19.6 Å². The molecule has 214 valence electrons. The Morgan fingerprint density at radius 2 is 1.38 bits per heavy atom. The number of hydrogen-bond donors (Lipinski definition) is 3. The van der Waals surface area contributed by atoms with Gasteiger partial charge in [0, 0.05) is 20.5 Å². The summed E-state index contributed by atoms with van der Waals surface area (Å²) in [6, 6.07) is 13.8. The number of benzene rings is 2. The molecule has 0 spiro atoms. The summed E-state index contributed by atoms with van der Waals surface area (Å²) in [4.78, 5) is 46.1. The first-order chi connectivity index (χ1) is 18.2. The van der Waals surface area contributed by atoms with E-state index >= 15 is 0 Å². The predicted octanol–water partition coefficient (Wildman–Crippen LogP) is 5.29. The number of aliphatic carboxylic acids is 1. The predicted molar refractivity (Wildman–Crippen MR) is 163 cm³/mol. The minimum atomic E-state index is -0.977. The van der Waals surface area contributed by atoms with Gasteiger partial charge >= 0.3 is 5.97 Å². The Labute approximate surface area is 257 Å². The number of ether oxygens (including phenoxy) is 2. The Morgan fingerprint density at radius 1 is 0.897 bits per heavy atom. The molecule has 2 aromatic carbocycles. The molecule has 0 aliphatic carbocycles. The normalized spacial score (nSPS) is 17.5. The maximum Gasteiger partial charge on any atom is 0.341 e. The van der Waals surface area contributed by atoms with E-state index in [0.717, 1.165) is 26.9 Å². The van der Waals surface area contributed by atoms with Crippen LogP contribution in [0, 0.1) is 0 Å². The molecule has 9 nitrogen and oxygen atoms in total. The fourth-order valence-electron chi connectivity index (χ4n) is 2.87. The number of rotatable bonds is 8. The summed E-state index contributed by atoms with van der Waals surface area (Å²) in [5.41, 5.74) is 0. The van der Waals surface area contributed by atoms with Crippen molar-refractivity contribution in [3.05, 3.63) is 57.5 Å². The highest BCUT2D eigenvalue weighted by Crippen LogP contribution is 2.21. The van der Waals surface area contributed by atoms with Crippen molar-refractivity contribution in [2.45, 2.75) is 32.4 Å². The van der Waals surface area contributed by atoms with Gasteiger partial charge in [-0.25, -0.2) is 9.63 Å². The monoisotopic (exact) mass is 726 g/mol. The van der Waals surface area contributed by atoms with Crippen molar-refractivity contribution in [3.63, 3.8) is 0 Å². The summed E-state index contributed by atoms with van der Waals surface area (Å²) in [5, 5.41) is 11.2. The van der Waals surface area contributed by atoms with Crippen LogP contribution in [0.15, 0.2) is 57.5 Å². The lowest BCUT2D eigenvalue weighted by molar-refractivity contribution is -0.139. The Morgan fingerprint density at radius 3 is 1.77 bits per heavy atom. The summed E-state index contributed by atoms with van der Waals surface area (Å²) >= 11 is 14.4. The summed E-state index contributed by atoms with van der Waals surface area (Å²) in [6.07, 6.45) is 1.57. The van der Waals surface area contributed by atoms with Crippen LogP contribution in [0.4, 0.5) is 0 Å². The molecule has 2 aromatic rings. The number of carboxylic acids is 1. The smallest absolute Gasteiger partial charge is 0.341 e. The van der Waals surface area contributed by atoms with Crippen LogP contribution in [0.3, 0.4) is 0 Å².